The van der Waals surface area contributed by atoms with Gasteiger partial charge in [0.25, 0.3) is 0 Å². The van der Waals surface area contributed by atoms with Crippen LogP contribution in [0, 0.1) is 11.3 Å². The van der Waals surface area contributed by atoms with Crippen LogP contribution < -0.4 is 20.7 Å². The molecule has 2 fully saturated rings. The Labute approximate surface area is 209 Å². The number of carbonyl (C=O) groups excluding carboxylic acids is 1. The number of carbonyl (C=O) groups is 1. The van der Waals surface area contributed by atoms with Gasteiger partial charge in [0.1, 0.15) is 18.4 Å². The van der Waals surface area contributed by atoms with Crippen molar-refractivity contribution in [3.05, 3.63) is 59.2 Å². The summed E-state index contributed by atoms with van der Waals surface area (Å²) in [6, 6.07) is 7.36. The van der Waals surface area contributed by atoms with Crippen LogP contribution >= 0.6 is 0 Å². The summed E-state index contributed by atoms with van der Waals surface area (Å²) in [5.41, 5.74) is -1.52. The van der Waals surface area contributed by atoms with E-state index >= 15 is 0 Å². The van der Waals surface area contributed by atoms with Crippen molar-refractivity contribution in [2.24, 2.45) is 0 Å². The second kappa shape index (κ2) is 10.6. The third kappa shape index (κ3) is 6.34. The summed E-state index contributed by atoms with van der Waals surface area (Å²) in [6.45, 7) is 0.633. The van der Waals surface area contributed by atoms with Gasteiger partial charge in [0, 0.05) is 17.6 Å². The van der Waals surface area contributed by atoms with Gasteiger partial charge in [0.15, 0.2) is 0 Å². The van der Waals surface area contributed by atoms with E-state index in [9.17, 15) is 31.1 Å². The Morgan fingerprint density at radius 2 is 1.84 bits per heavy atom. The molecular formula is C25H24F6N4O2. The number of rotatable bonds is 6. The van der Waals surface area contributed by atoms with Crippen LogP contribution in [0.3, 0.4) is 0 Å². The van der Waals surface area contributed by atoms with Crippen molar-refractivity contribution < 1.29 is 35.9 Å². The normalized spacial score (nSPS) is 24.0. The van der Waals surface area contributed by atoms with E-state index in [1.165, 1.54) is 6.07 Å². The smallest absolute Gasteiger partial charge is 0.417 e. The molecule has 0 bridgehead atoms. The van der Waals surface area contributed by atoms with E-state index in [-0.39, 0.29) is 30.5 Å². The molecule has 2 heterocycles. The first kappa shape index (κ1) is 26.8. The first-order valence-corrected chi connectivity index (χ1v) is 11.7. The summed E-state index contributed by atoms with van der Waals surface area (Å²) in [6.07, 6.45) is -8.02. The van der Waals surface area contributed by atoms with Crippen LogP contribution in [0.1, 0.15) is 41.9 Å². The molecule has 4 unspecified atom stereocenters. The van der Waals surface area contributed by atoms with Gasteiger partial charge in [-0.25, -0.2) is 0 Å². The highest BCUT2D eigenvalue weighted by Gasteiger charge is 2.51. The van der Waals surface area contributed by atoms with Crippen molar-refractivity contribution in [1.29, 1.82) is 5.26 Å². The number of hydrogen-bond acceptors (Lipinski definition) is 5. The number of hydrogen-bond donors (Lipinski definition) is 3. The number of anilines is 1. The Kier molecular flexibility index (Phi) is 7.66. The van der Waals surface area contributed by atoms with E-state index in [0.29, 0.717) is 17.5 Å². The number of amides is 1. The largest absolute Gasteiger partial charge is 0.492 e. The van der Waals surface area contributed by atoms with Crippen molar-refractivity contribution in [2.45, 2.75) is 55.7 Å². The highest BCUT2D eigenvalue weighted by atomic mass is 19.4. The maximum Gasteiger partial charge on any atom is 0.417 e. The van der Waals surface area contributed by atoms with Crippen LogP contribution in [0.4, 0.5) is 32.0 Å². The molecule has 6 nitrogen and oxygen atoms in total. The molecule has 2 saturated heterocycles. The molecule has 2 aliphatic rings. The van der Waals surface area contributed by atoms with Crippen LogP contribution in [-0.2, 0) is 11.0 Å². The number of alkyl halides is 6. The van der Waals surface area contributed by atoms with Gasteiger partial charge >= 0.3 is 12.4 Å². The Bertz CT molecular complexity index is 1150. The van der Waals surface area contributed by atoms with E-state index in [1.807, 2.05) is 0 Å². The third-order valence-electron chi connectivity index (χ3n) is 6.56. The van der Waals surface area contributed by atoms with Crippen LogP contribution in [0.5, 0.6) is 5.75 Å². The molecule has 0 radical (unpaired) electrons. The molecule has 0 aliphatic carbocycles. The summed E-state index contributed by atoms with van der Waals surface area (Å²) in [5, 5.41) is 17.3. The SMILES string of the molecule is N#Cc1ccc(C2CC(COc3ccc(NC(=O)C4CCCN4)cc3)NC2C(F)(F)F)cc1C(F)(F)F. The maximum atomic E-state index is 13.8. The van der Waals surface area contributed by atoms with Gasteiger partial charge in [-0.05, 0) is 67.8 Å². The highest BCUT2D eigenvalue weighted by Crippen LogP contribution is 2.42. The van der Waals surface area contributed by atoms with Crippen molar-refractivity contribution in [3.8, 4) is 11.8 Å². The van der Waals surface area contributed by atoms with E-state index in [1.54, 1.807) is 24.3 Å². The molecule has 3 N–H and O–H groups in total. The minimum atomic E-state index is -4.87. The predicted octanol–water partition coefficient (Wildman–Crippen LogP) is 4.72. The van der Waals surface area contributed by atoms with E-state index in [0.717, 1.165) is 31.5 Å². The zero-order chi connectivity index (χ0) is 26.8. The second-order valence-electron chi connectivity index (χ2n) is 9.11. The molecule has 12 heteroatoms. The van der Waals surface area contributed by atoms with Crippen LogP contribution in [0.15, 0.2) is 42.5 Å². The third-order valence-corrected chi connectivity index (χ3v) is 6.56. The molecule has 1 amide bonds. The van der Waals surface area contributed by atoms with Crippen molar-refractivity contribution in [2.75, 3.05) is 18.5 Å². The number of halogens is 6. The molecule has 4 atom stereocenters. The fourth-order valence-corrected chi connectivity index (χ4v) is 4.74. The van der Waals surface area contributed by atoms with Crippen molar-refractivity contribution in [3.63, 3.8) is 0 Å². The molecule has 37 heavy (non-hydrogen) atoms. The number of benzene rings is 2. The number of ether oxygens (including phenoxy) is 1. The summed E-state index contributed by atoms with van der Waals surface area (Å²) in [7, 11) is 0. The quantitative estimate of drug-likeness (QED) is 0.475. The lowest BCUT2D eigenvalue weighted by molar-refractivity contribution is -0.156. The monoisotopic (exact) mass is 526 g/mol. The molecule has 0 spiro atoms. The Morgan fingerprint density at radius 3 is 2.43 bits per heavy atom. The Morgan fingerprint density at radius 1 is 1.11 bits per heavy atom. The van der Waals surface area contributed by atoms with Crippen LogP contribution in [0.25, 0.3) is 0 Å². The van der Waals surface area contributed by atoms with E-state index in [2.05, 4.69) is 16.0 Å². The first-order chi connectivity index (χ1) is 17.5. The highest BCUT2D eigenvalue weighted by molar-refractivity contribution is 5.95. The van der Waals surface area contributed by atoms with Gasteiger partial charge in [-0.1, -0.05) is 6.07 Å². The van der Waals surface area contributed by atoms with Gasteiger partial charge in [0.2, 0.25) is 5.91 Å². The van der Waals surface area contributed by atoms with Gasteiger partial charge in [-0.3, -0.25) is 10.1 Å². The molecule has 198 valence electrons. The Hall–Kier alpha value is -3.30. The molecule has 2 aromatic rings. The topological polar surface area (TPSA) is 86.2 Å². The van der Waals surface area contributed by atoms with Gasteiger partial charge < -0.3 is 15.4 Å². The average Bonchev–Trinajstić information content (AvgIpc) is 3.53. The molecular weight excluding hydrogens is 502 g/mol. The van der Waals surface area contributed by atoms with Gasteiger partial charge in [0.05, 0.1) is 23.2 Å². The molecule has 0 saturated carbocycles. The van der Waals surface area contributed by atoms with Crippen LogP contribution in [0.2, 0.25) is 0 Å². The van der Waals surface area contributed by atoms with Crippen molar-refractivity contribution in [1.82, 2.24) is 10.6 Å². The van der Waals surface area contributed by atoms with Crippen LogP contribution in [-0.4, -0.2) is 43.4 Å². The maximum absolute atomic E-state index is 13.8. The second-order valence-corrected chi connectivity index (χ2v) is 9.11. The fourth-order valence-electron chi connectivity index (χ4n) is 4.74. The number of nitriles is 1. The number of nitrogens with zero attached hydrogens (tertiary/aromatic N) is 1. The molecule has 2 aromatic carbocycles. The zero-order valence-electron chi connectivity index (χ0n) is 19.4. The zero-order valence-corrected chi connectivity index (χ0v) is 19.4. The minimum absolute atomic E-state index is 0.115. The lowest BCUT2D eigenvalue weighted by Crippen LogP contribution is -2.44. The molecule has 4 rings (SSSR count). The lowest BCUT2D eigenvalue weighted by Gasteiger charge is -2.23. The van der Waals surface area contributed by atoms with Gasteiger partial charge in [-0.15, -0.1) is 0 Å². The summed E-state index contributed by atoms with van der Waals surface area (Å²) in [4.78, 5) is 12.2. The average molecular weight is 526 g/mol. The number of nitrogens with one attached hydrogen (secondary N) is 3. The lowest BCUT2D eigenvalue weighted by atomic mass is 9.88. The predicted molar refractivity (Wildman–Crippen MR) is 122 cm³/mol. The summed E-state index contributed by atoms with van der Waals surface area (Å²) < 4.78 is 87.0. The van der Waals surface area contributed by atoms with Gasteiger partial charge in [-0.2, -0.15) is 31.6 Å². The minimum Gasteiger partial charge on any atom is -0.492 e. The standard InChI is InChI=1S/C25H24F6N4O2/c26-24(27,28)20-10-14(3-4-15(20)12-32)19-11-17(34-22(19)25(29,30)31)13-37-18-7-5-16(6-8-18)35-23(36)21-2-1-9-33-21/h3-8,10,17,19,21-22,33-34H,1-2,9,11,13H2,(H,35,36). The van der Waals surface area contributed by atoms with E-state index < -0.39 is 41.5 Å². The Balaban J connectivity index is 1.42. The van der Waals surface area contributed by atoms with Crippen molar-refractivity contribution >= 4 is 11.6 Å². The summed E-state index contributed by atoms with van der Waals surface area (Å²) >= 11 is 0. The molecule has 0 aromatic heterocycles. The fraction of sp³-hybridized carbons (Fsp3) is 0.440. The van der Waals surface area contributed by atoms with E-state index in [4.69, 9.17) is 10.00 Å². The summed E-state index contributed by atoms with van der Waals surface area (Å²) in [5.74, 6) is -1.07. The first-order valence-electron chi connectivity index (χ1n) is 11.7. The molecule has 2 aliphatic heterocycles.